The van der Waals surface area contributed by atoms with Crippen molar-refractivity contribution in [1.82, 2.24) is 0 Å². The third-order valence-electron chi connectivity index (χ3n) is 2.44. The van der Waals surface area contributed by atoms with E-state index in [1.54, 1.807) is 0 Å². The van der Waals surface area contributed by atoms with Gasteiger partial charge in [0.1, 0.15) is 0 Å². The molecule has 0 saturated carbocycles. The lowest BCUT2D eigenvalue weighted by Gasteiger charge is -2.22. The van der Waals surface area contributed by atoms with E-state index in [9.17, 15) is 0 Å². The van der Waals surface area contributed by atoms with Crippen molar-refractivity contribution in [3.63, 3.8) is 0 Å². The number of hydrogen-bond donors (Lipinski definition) is 0. The standard InChI is InChI=1S/C11H22O2/c1-2-3-4-6-9-12-11-8-5-7-10-13-11/h11H,2-10H2,1H3/t11-/m0/s1. The summed E-state index contributed by atoms with van der Waals surface area (Å²) in [4.78, 5) is 0. The molecule has 0 bridgehead atoms. The first kappa shape index (κ1) is 11.0. The summed E-state index contributed by atoms with van der Waals surface area (Å²) >= 11 is 0. The van der Waals surface area contributed by atoms with E-state index in [2.05, 4.69) is 6.92 Å². The zero-order valence-electron chi connectivity index (χ0n) is 8.76. The third-order valence-corrected chi connectivity index (χ3v) is 2.44. The second-order valence-corrected chi connectivity index (χ2v) is 3.73. The van der Waals surface area contributed by atoms with Crippen molar-refractivity contribution in [2.45, 2.75) is 58.2 Å². The van der Waals surface area contributed by atoms with Crippen LogP contribution in [0.2, 0.25) is 0 Å². The summed E-state index contributed by atoms with van der Waals surface area (Å²) in [5.74, 6) is 0. The van der Waals surface area contributed by atoms with E-state index < -0.39 is 0 Å². The van der Waals surface area contributed by atoms with Crippen LogP contribution in [-0.2, 0) is 9.47 Å². The van der Waals surface area contributed by atoms with E-state index in [0.717, 1.165) is 19.6 Å². The average Bonchev–Trinajstić information content (AvgIpc) is 2.19. The maximum absolute atomic E-state index is 5.61. The van der Waals surface area contributed by atoms with Crippen LogP contribution in [-0.4, -0.2) is 19.5 Å². The maximum Gasteiger partial charge on any atom is 0.157 e. The van der Waals surface area contributed by atoms with Crippen molar-refractivity contribution in [2.24, 2.45) is 0 Å². The minimum atomic E-state index is 0.107. The molecule has 1 fully saturated rings. The molecule has 2 heteroatoms. The predicted molar refractivity (Wildman–Crippen MR) is 53.7 cm³/mol. The highest BCUT2D eigenvalue weighted by atomic mass is 16.7. The Morgan fingerprint density at radius 2 is 2.15 bits per heavy atom. The molecule has 0 unspecified atom stereocenters. The zero-order chi connectivity index (χ0) is 9.36. The molecule has 1 aliphatic rings. The van der Waals surface area contributed by atoms with Gasteiger partial charge in [-0.15, -0.1) is 0 Å². The Balaban J connectivity index is 1.86. The molecule has 78 valence electrons. The Morgan fingerprint density at radius 3 is 2.85 bits per heavy atom. The van der Waals surface area contributed by atoms with Gasteiger partial charge in [-0.25, -0.2) is 0 Å². The molecular formula is C11H22O2. The molecule has 1 saturated heterocycles. The van der Waals surface area contributed by atoms with Crippen LogP contribution >= 0.6 is 0 Å². The van der Waals surface area contributed by atoms with Crippen LogP contribution in [0, 0.1) is 0 Å². The Bertz CT molecular complexity index is 109. The Labute approximate surface area is 81.6 Å². The summed E-state index contributed by atoms with van der Waals surface area (Å²) in [6, 6.07) is 0. The quantitative estimate of drug-likeness (QED) is 0.593. The van der Waals surface area contributed by atoms with Gasteiger partial charge in [-0.1, -0.05) is 26.2 Å². The Kier molecular flexibility index (Phi) is 6.21. The number of hydrogen-bond acceptors (Lipinski definition) is 2. The van der Waals surface area contributed by atoms with Crippen LogP contribution in [0.3, 0.4) is 0 Å². The van der Waals surface area contributed by atoms with Gasteiger partial charge in [0.2, 0.25) is 0 Å². The largest absolute Gasteiger partial charge is 0.353 e. The first-order chi connectivity index (χ1) is 6.43. The summed E-state index contributed by atoms with van der Waals surface area (Å²) in [5.41, 5.74) is 0. The first-order valence-electron chi connectivity index (χ1n) is 5.66. The monoisotopic (exact) mass is 186 g/mol. The molecule has 2 nitrogen and oxygen atoms in total. The van der Waals surface area contributed by atoms with E-state index in [-0.39, 0.29) is 6.29 Å². The average molecular weight is 186 g/mol. The molecule has 1 atom stereocenters. The molecule has 0 spiro atoms. The highest BCUT2D eigenvalue weighted by molar-refractivity contribution is 4.53. The minimum absolute atomic E-state index is 0.107. The molecule has 13 heavy (non-hydrogen) atoms. The normalized spacial score (nSPS) is 23.3. The van der Waals surface area contributed by atoms with Crippen molar-refractivity contribution in [2.75, 3.05) is 13.2 Å². The van der Waals surface area contributed by atoms with Crippen LogP contribution in [0.4, 0.5) is 0 Å². The van der Waals surface area contributed by atoms with E-state index >= 15 is 0 Å². The van der Waals surface area contributed by atoms with E-state index in [1.807, 2.05) is 0 Å². The molecule has 0 N–H and O–H groups in total. The summed E-state index contributed by atoms with van der Waals surface area (Å²) in [6.45, 7) is 4.00. The lowest BCUT2D eigenvalue weighted by Crippen LogP contribution is -2.22. The maximum atomic E-state index is 5.61. The van der Waals surface area contributed by atoms with Crippen LogP contribution in [0.1, 0.15) is 51.9 Å². The fraction of sp³-hybridized carbons (Fsp3) is 1.00. The molecule has 1 heterocycles. The molecule has 1 rings (SSSR count). The highest BCUT2D eigenvalue weighted by Crippen LogP contribution is 2.14. The summed E-state index contributed by atoms with van der Waals surface area (Å²) < 4.78 is 11.1. The summed E-state index contributed by atoms with van der Waals surface area (Å²) in [6.07, 6.45) is 8.77. The van der Waals surface area contributed by atoms with Gasteiger partial charge in [0.05, 0.1) is 0 Å². The molecular weight excluding hydrogens is 164 g/mol. The second-order valence-electron chi connectivity index (χ2n) is 3.73. The third kappa shape index (κ3) is 5.27. The van der Waals surface area contributed by atoms with Gasteiger partial charge in [-0.05, 0) is 25.7 Å². The van der Waals surface area contributed by atoms with Gasteiger partial charge < -0.3 is 9.47 Å². The SMILES string of the molecule is CCCCCCO[C@@H]1CCCCO1. The van der Waals surface area contributed by atoms with Crippen molar-refractivity contribution in [3.8, 4) is 0 Å². The Hall–Kier alpha value is -0.0800. The lowest BCUT2D eigenvalue weighted by atomic mass is 10.2. The minimum Gasteiger partial charge on any atom is -0.353 e. The van der Waals surface area contributed by atoms with Gasteiger partial charge >= 0.3 is 0 Å². The van der Waals surface area contributed by atoms with Gasteiger partial charge in [-0.2, -0.15) is 0 Å². The van der Waals surface area contributed by atoms with E-state index in [0.29, 0.717) is 0 Å². The molecule has 0 aromatic carbocycles. The van der Waals surface area contributed by atoms with Gasteiger partial charge in [-0.3, -0.25) is 0 Å². The molecule has 0 aromatic rings. The van der Waals surface area contributed by atoms with Crippen LogP contribution in [0.15, 0.2) is 0 Å². The number of rotatable bonds is 6. The van der Waals surface area contributed by atoms with Crippen molar-refractivity contribution in [1.29, 1.82) is 0 Å². The van der Waals surface area contributed by atoms with Crippen LogP contribution < -0.4 is 0 Å². The van der Waals surface area contributed by atoms with Gasteiger partial charge in [0.15, 0.2) is 6.29 Å². The fourth-order valence-electron chi connectivity index (χ4n) is 1.59. The van der Waals surface area contributed by atoms with Gasteiger partial charge in [0, 0.05) is 13.2 Å². The number of ether oxygens (including phenoxy) is 2. The number of unbranched alkanes of at least 4 members (excludes halogenated alkanes) is 3. The van der Waals surface area contributed by atoms with Crippen molar-refractivity contribution >= 4 is 0 Å². The topological polar surface area (TPSA) is 18.5 Å². The fourth-order valence-corrected chi connectivity index (χ4v) is 1.59. The highest BCUT2D eigenvalue weighted by Gasteiger charge is 2.12. The lowest BCUT2D eigenvalue weighted by molar-refractivity contribution is -0.162. The first-order valence-corrected chi connectivity index (χ1v) is 5.66. The van der Waals surface area contributed by atoms with Crippen molar-refractivity contribution < 1.29 is 9.47 Å². The summed E-state index contributed by atoms with van der Waals surface area (Å²) in [5, 5.41) is 0. The summed E-state index contributed by atoms with van der Waals surface area (Å²) in [7, 11) is 0. The van der Waals surface area contributed by atoms with Gasteiger partial charge in [0.25, 0.3) is 0 Å². The molecule has 1 aliphatic heterocycles. The van der Waals surface area contributed by atoms with E-state index in [1.165, 1.54) is 38.5 Å². The molecule has 0 radical (unpaired) electrons. The molecule has 0 amide bonds. The van der Waals surface area contributed by atoms with E-state index in [4.69, 9.17) is 9.47 Å². The predicted octanol–water partition coefficient (Wildman–Crippen LogP) is 3.11. The zero-order valence-corrected chi connectivity index (χ0v) is 8.76. The van der Waals surface area contributed by atoms with Crippen molar-refractivity contribution in [3.05, 3.63) is 0 Å². The smallest absolute Gasteiger partial charge is 0.157 e. The molecule has 0 aromatic heterocycles. The Morgan fingerprint density at radius 1 is 1.23 bits per heavy atom. The van der Waals surface area contributed by atoms with Crippen LogP contribution in [0.5, 0.6) is 0 Å². The molecule has 0 aliphatic carbocycles. The second kappa shape index (κ2) is 7.34. The van der Waals surface area contributed by atoms with Crippen LogP contribution in [0.25, 0.3) is 0 Å².